The number of nitrogens with zero attached hydrogens (tertiary/aromatic N) is 1. The predicted molar refractivity (Wildman–Crippen MR) is 158 cm³/mol. The molecule has 0 fully saturated rings. The highest BCUT2D eigenvalue weighted by Crippen LogP contribution is 2.43. The number of aryl methyl sites for hydroxylation is 1. The average Bonchev–Trinajstić information content (AvgIpc) is 3.45. The number of amides is 2. The van der Waals surface area contributed by atoms with Crippen molar-refractivity contribution in [1.82, 2.24) is 14.6 Å². The summed E-state index contributed by atoms with van der Waals surface area (Å²) in [5.74, 6) is -0.918. The first-order chi connectivity index (χ1) is 19.2. The van der Waals surface area contributed by atoms with Gasteiger partial charge < -0.3 is 15.1 Å². The van der Waals surface area contributed by atoms with Crippen LogP contribution in [-0.2, 0) is 10.0 Å². The van der Waals surface area contributed by atoms with E-state index in [0.29, 0.717) is 49.8 Å². The summed E-state index contributed by atoms with van der Waals surface area (Å²) in [5.41, 5.74) is 2.82. The second-order valence-electron chi connectivity index (χ2n) is 11.1. The van der Waals surface area contributed by atoms with Crippen molar-refractivity contribution < 1.29 is 26.8 Å². The predicted octanol–water partition coefficient (Wildman–Crippen LogP) is 5.86. The van der Waals surface area contributed by atoms with Gasteiger partial charge in [0.05, 0.1) is 17.3 Å². The fraction of sp³-hybridized carbons (Fsp3) is 0.226. The first kappa shape index (κ1) is 28.1. The number of hydrogen-bond acceptors (Lipinski definition) is 5. The zero-order valence-corrected chi connectivity index (χ0v) is 24.4. The molecule has 0 saturated heterocycles. The summed E-state index contributed by atoms with van der Waals surface area (Å²) in [6.07, 6.45) is 1.11. The molecular weight excluding hydrogens is 545 g/mol. The van der Waals surface area contributed by atoms with E-state index in [9.17, 15) is 22.4 Å². The van der Waals surface area contributed by atoms with Gasteiger partial charge in [0.1, 0.15) is 17.2 Å². The molecule has 8 nitrogen and oxygen atoms in total. The fourth-order valence-electron chi connectivity index (χ4n) is 5.09. The molecule has 2 aromatic heterocycles. The zero-order chi connectivity index (χ0) is 29.9. The molecule has 5 rings (SSSR count). The van der Waals surface area contributed by atoms with Crippen LogP contribution in [0.2, 0.25) is 0 Å². The van der Waals surface area contributed by atoms with Gasteiger partial charge in [-0.05, 0) is 81.8 Å². The lowest BCUT2D eigenvalue weighted by atomic mass is 9.96. The van der Waals surface area contributed by atoms with Crippen molar-refractivity contribution in [2.75, 3.05) is 13.3 Å². The molecule has 0 saturated carbocycles. The number of carbonyl (C=O) groups is 2. The molecule has 0 aliphatic rings. The minimum absolute atomic E-state index is 0.223. The lowest BCUT2D eigenvalue weighted by molar-refractivity contribution is 0.0918. The quantitative estimate of drug-likeness (QED) is 0.273. The van der Waals surface area contributed by atoms with E-state index in [1.807, 2.05) is 20.8 Å². The molecule has 41 heavy (non-hydrogen) atoms. The highest BCUT2D eigenvalue weighted by molar-refractivity contribution is 7.89. The molecule has 0 atom stereocenters. The maximum Gasteiger partial charge on any atom is 0.255 e. The van der Waals surface area contributed by atoms with Crippen LogP contribution in [-0.4, -0.2) is 43.0 Å². The molecule has 2 amide bonds. The normalized spacial score (nSPS) is 12.2. The first-order valence-corrected chi connectivity index (χ1v) is 14.8. The molecule has 0 radical (unpaired) electrons. The standard InChI is InChI=1S/C31H30FN3O5S/c1-17-14-24-26(35(17)41(6,38)39)22(19-8-7-9-20(15-19)29(36)34-31(2,3)4)16-23-25(30(37)33-5)27(40-28(23)24)18-10-12-21(32)13-11-18/h7-16H,1-6H3,(H,33,37)(H,34,36). The highest BCUT2D eigenvalue weighted by Gasteiger charge is 2.28. The van der Waals surface area contributed by atoms with E-state index in [4.69, 9.17) is 4.42 Å². The third kappa shape index (κ3) is 5.11. The largest absolute Gasteiger partial charge is 0.454 e. The molecule has 0 unspecified atom stereocenters. The van der Waals surface area contributed by atoms with Gasteiger partial charge in [-0.25, -0.2) is 16.8 Å². The zero-order valence-electron chi connectivity index (χ0n) is 23.5. The number of nitrogens with one attached hydrogen (secondary N) is 2. The molecule has 212 valence electrons. The summed E-state index contributed by atoms with van der Waals surface area (Å²) in [4.78, 5) is 26.3. The molecule has 10 heteroatoms. The van der Waals surface area contributed by atoms with Crippen molar-refractivity contribution in [3.8, 4) is 22.5 Å². The number of hydrogen-bond donors (Lipinski definition) is 2. The molecule has 0 aliphatic carbocycles. The van der Waals surface area contributed by atoms with Gasteiger partial charge in [-0.2, -0.15) is 0 Å². The van der Waals surface area contributed by atoms with Crippen molar-refractivity contribution in [3.63, 3.8) is 0 Å². The Bertz CT molecular complexity index is 1960. The van der Waals surface area contributed by atoms with Crippen molar-refractivity contribution in [3.05, 3.63) is 83.3 Å². The Morgan fingerprint density at radius 2 is 1.61 bits per heavy atom. The Kier molecular flexibility index (Phi) is 6.77. The number of rotatable bonds is 5. The van der Waals surface area contributed by atoms with Gasteiger partial charge in [0.2, 0.25) is 10.0 Å². The summed E-state index contributed by atoms with van der Waals surface area (Å²) in [6, 6.07) is 15.9. The van der Waals surface area contributed by atoms with Gasteiger partial charge in [0.15, 0.2) is 0 Å². The van der Waals surface area contributed by atoms with Crippen LogP contribution in [0, 0.1) is 12.7 Å². The van der Waals surface area contributed by atoms with Crippen LogP contribution in [0.4, 0.5) is 4.39 Å². The van der Waals surface area contributed by atoms with E-state index in [0.717, 1.165) is 6.26 Å². The molecule has 5 aromatic rings. The van der Waals surface area contributed by atoms with Crippen LogP contribution < -0.4 is 10.6 Å². The van der Waals surface area contributed by atoms with Crippen LogP contribution in [0.3, 0.4) is 0 Å². The monoisotopic (exact) mass is 575 g/mol. The van der Waals surface area contributed by atoms with Gasteiger partial charge in [-0.1, -0.05) is 12.1 Å². The Morgan fingerprint density at radius 3 is 2.22 bits per heavy atom. The number of halogens is 1. The fourth-order valence-corrected chi connectivity index (χ4v) is 6.19. The van der Waals surface area contributed by atoms with E-state index >= 15 is 0 Å². The maximum absolute atomic E-state index is 13.7. The number of furan rings is 1. The van der Waals surface area contributed by atoms with Crippen LogP contribution >= 0.6 is 0 Å². The van der Waals surface area contributed by atoms with E-state index in [2.05, 4.69) is 10.6 Å². The van der Waals surface area contributed by atoms with E-state index in [1.54, 1.807) is 43.3 Å². The molecule has 0 aliphatic heterocycles. The lowest BCUT2D eigenvalue weighted by Gasteiger charge is -2.20. The van der Waals surface area contributed by atoms with Crippen LogP contribution in [0.15, 0.2) is 65.1 Å². The van der Waals surface area contributed by atoms with Crippen molar-refractivity contribution in [2.45, 2.75) is 33.2 Å². The topological polar surface area (TPSA) is 110 Å². The first-order valence-electron chi connectivity index (χ1n) is 12.9. The second-order valence-corrected chi connectivity index (χ2v) is 12.9. The van der Waals surface area contributed by atoms with Crippen LogP contribution in [0.25, 0.3) is 44.3 Å². The van der Waals surface area contributed by atoms with Crippen molar-refractivity contribution in [2.24, 2.45) is 0 Å². The Morgan fingerprint density at radius 1 is 0.927 bits per heavy atom. The highest BCUT2D eigenvalue weighted by atomic mass is 32.2. The minimum Gasteiger partial charge on any atom is -0.454 e. The van der Waals surface area contributed by atoms with E-state index in [-0.39, 0.29) is 17.2 Å². The molecule has 2 N–H and O–H groups in total. The average molecular weight is 576 g/mol. The lowest BCUT2D eigenvalue weighted by Crippen LogP contribution is -2.40. The smallest absolute Gasteiger partial charge is 0.255 e. The molecular formula is C31H30FN3O5S. The summed E-state index contributed by atoms with van der Waals surface area (Å²) in [7, 11) is -2.28. The van der Waals surface area contributed by atoms with Gasteiger partial charge in [0.25, 0.3) is 11.8 Å². The number of fused-ring (bicyclic) bond motifs is 3. The molecule has 3 aromatic carbocycles. The Balaban J connectivity index is 1.90. The molecule has 0 bridgehead atoms. The summed E-state index contributed by atoms with van der Waals surface area (Å²) >= 11 is 0. The second kappa shape index (κ2) is 9.88. The summed E-state index contributed by atoms with van der Waals surface area (Å²) < 4.78 is 47.3. The molecule has 0 spiro atoms. The maximum atomic E-state index is 13.7. The van der Waals surface area contributed by atoms with Crippen LogP contribution in [0.1, 0.15) is 47.2 Å². The van der Waals surface area contributed by atoms with Crippen molar-refractivity contribution >= 4 is 43.7 Å². The third-order valence-electron chi connectivity index (χ3n) is 6.68. The third-order valence-corrected chi connectivity index (χ3v) is 7.82. The summed E-state index contributed by atoms with van der Waals surface area (Å²) in [6.45, 7) is 7.32. The molecule has 2 heterocycles. The minimum atomic E-state index is -3.77. The van der Waals surface area contributed by atoms with E-state index in [1.165, 1.54) is 35.3 Å². The number of aromatic nitrogens is 1. The number of benzene rings is 3. The van der Waals surface area contributed by atoms with Crippen molar-refractivity contribution in [1.29, 1.82) is 0 Å². The van der Waals surface area contributed by atoms with E-state index < -0.39 is 27.3 Å². The number of carbonyl (C=O) groups excluding carboxylic acids is 2. The SMILES string of the molecule is CNC(=O)c1c(-c2ccc(F)cc2)oc2c1cc(-c1cccc(C(=O)NC(C)(C)C)c1)c1c2cc(C)n1S(C)(=O)=O. The van der Waals surface area contributed by atoms with Gasteiger partial charge >= 0.3 is 0 Å². The Labute approximate surface area is 237 Å². The Hall–Kier alpha value is -4.44. The van der Waals surface area contributed by atoms with Gasteiger partial charge in [0, 0.05) is 45.7 Å². The van der Waals surface area contributed by atoms with Gasteiger partial charge in [-0.15, -0.1) is 0 Å². The van der Waals surface area contributed by atoms with Crippen LogP contribution in [0.5, 0.6) is 0 Å². The summed E-state index contributed by atoms with van der Waals surface area (Å²) in [5, 5.41) is 6.51. The van der Waals surface area contributed by atoms with Gasteiger partial charge in [-0.3, -0.25) is 9.59 Å².